The molecule has 6 heteroatoms. The Morgan fingerprint density at radius 2 is 1.67 bits per heavy atom. The molecule has 2 heterocycles. The van der Waals surface area contributed by atoms with Gasteiger partial charge in [-0.2, -0.15) is 0 Å². The lowest BCUT2D eigenvalue weighted by molar-refractivity contribution is -0.0366. The lowest BCUT2D eigenvalue weighted by atomic mass is 9.93. The van der Waals surface area contributed by atoms with E-state index in [2.05, 4.69) is 88.5 Å². The van der Waals surface area contributed by atoms with Gasteiger partial charge in [0.15, 0.2) is 8.32 Å². The third-order valence-corrected chi connectivity index (χ3v) is 13.1. The SMILES string of the molecule is CC(C)(C)[Si](C)(C)OCCC1=CC2COCC(C1)N2C(=O)OCC1c2ccccc2-c2ccccc21. The van der Waals surface area contributed by atoms with Crippen molar-refractivity contribution < 1.29 is 18.7 Å². The highest BCUT2D eigenvalue weighted by Gasteiger charge is 2.40. The highest BCUT2D eigenvalue weighted by molar-refractivity contribution is 6.74. The van der Waals surface area contributed by atoms with E-state index in [1.165, 1.54) is 27.8 Å². The molecule has 0 spiro atoms. The molecule has 0 N–H and O–H groups in total. The molecule has 0 radical (unpaired) electrons. The molecule has 0 saturated carbocycles. The van der Waals surface area contributed by atoms with Crippen molar-refractivity contribution in [3.63, 3.8) is 0 Å². The first-order valence-corrected chi connectivity index (χ1v) is 16.1. The van der Waals surface area contributed by atoms with Gasteiger partial charge in [-0.25, -0.2) is 4.79 Å². The van der Waals surface area contributed by atoms with Crippen LogP contribution < -0.4 is 0 Å². The first-order valence-electron chi connectivity index (χ1n) is 13.2. The number of rotatable bonds is 6. The van der Waals surface area contributed by atoms with E-state index in [9.17, 15) is 4.79 Å². The van der Waals surface area contributed by atoms with Crippen LogP contribution >= 0.6 is 0 Å². The zero-order valence-corrected chi connectivity index (χ0v) is 23.3. The normalized spacial score (nSPS) is 21.6. The molecule has 3 aliphatic rings. The van der Waals surface area contributed by atoms with Crippen LogP contribution in [0.4, 0.5) is 4.79 Å². The van der Waals surface area contributed by atoms with Crippen molar-refractivity contribution in [3.8, 4) is 11.1 Å². The standard InChI is InChI=1S/C30H39NO4Si/c1-30(2,3)36(4,5)35-15-14-21-16-22-18-33-19-23(17-21)31(22)29(32)34-20-28-26-12-8-6-10-24(26)25-11-7-9-13-27(25)28/h6-13,16,22-23,28H,14-15,17-20H2,1-5H3. The van der Waals surface area contributed by atoms with Crippen molar-refractivity contribution in [1.29, 1.82) is 0 Å². The number of carbonyl (C=O) groups is 1. The minimum Gasteiger partial charge on any atom is -0.448 e. The molecular formula is C30H39NO4Si. The molecule has 5 nitrogen and oxygen atoms in total. The van der Waals surface area contributed by atoms with Crippen molar-refractivity contribution in [2.24, 2.45) is 0 Å². The number of benzene rings is 2. The Labute approximate surface area is 216 Å². The topological polar surface area (TPSA) is 48.0 Å². The van der Waals surface area contributed by atoms with E-state index in [0.717, 1.165) is 19.4 Å². The second-order valence-electron chi connectivity index (χ2n) is 11.9. The molecule has 1 amide bonds. The molecule has 1 fully saturated rings. The van der Waals surface area contributed by atoms with Gasteiger partial charge in [-0.3, -0.25) is 4.90 Å². The van der Waals surface area contributed by atoms with Crippen LogP contribution in [0.15, 0.2) is 60.2 Å². The average molecular weight is 506 g/mol. The van der Waals surface area contributed by atoms with Gasteiger partial charge in [0.05, 0.1) is 25.3 Å². The fourth-order valence-corrected chi connectivity index (χ4v) is 6.52. The van der Waals surface area contributed by atoms with Crippen molar-refractivity contribution in [2.45, 2.75) is 69.7 Å². The van der Waals surface area contributed by atoms with Gasteiger partial charge >= 0.3 is 6.09 Å². The van der Waals surface area contributed by atoms with Gasteiger partial charge in [-0.05, 0) is 53.2 Å². The van der Waals surface area contributed by atoms with Crippen LogP contribution in [0.1, 0.15) is 50.7 Å². The fraction of sp³-hybridized carbons (Fsp3) is 0.500. The summed E-state index contributed by atoms with van der Waals surface area (Å²) in [6.45, 7) is 13.6. The zero-order chi connectivity index (χ0) is 25.5. The maximum absolute atomic E-state index is 13.4. The number of carbonyl (C=O) groups excluding carboxylic acids is 1. The second kappa shape index (κ2) is 9.80. The summed E-state index contributed by atoms with van der Waals surface area (Å²) >= 11 is 0. The molecule has 2 unspecified atom stereocenters. The molecular weight excluding hydrogens is 466 g/mol. The van der Waals surface area contributed by atoms with E-state index in [4.69, 9.17) is 13.9 Å². The predicted molar refractivity (Wildman–Crippen MR) is 146 cm³/mol. The number of amides is 1. The summed E-state index contributed by atoms with van der Waals surface area (Å²) in [5.74, 6) is 0.0702. The van der Waals surface area contributed by atoms with Crippen LogP contribution in [0, 0.1) is 0 Å². The van der Waals surface area contributed by atoms with E-state index in [0.29, 0.717) is 19.8 Å². The quantitative estimate of drug-likeness (QED) is 0.322. The van der Waals surface area contributed by atoms with Gasteiger partial charge in [0.2, 0.25) is 0 Å². The first kappa shape index (κ1) is 25.2. The van der Waals surface area contributed by atoms with Gasteiger partial charge in [0.1, 0.15) is 6.61 Å². The van der Waals surface area contributed by atoms with Gasteiger partial charge in [0.25, 0.3) is 0 Å². The average Bonchev–Trinajstić information content (AvgIpc) is 3.15. The summed E-state index contributed by atoms with van der Waals surface area (Å²) < 4.78 is 18.2. The van der Waals surface area contributed by atoms with Crippen molar-refractivity contribution in [3.05, 3.63) is 71.3 Å². The van der Waals surface area contributed by atoms with E-state index in [1.54, 1.807) is 0 Å². The van der Waals surface area contributed by atoms with Crippen molar-refractivity contribution in [1.82, 2.24) is 4.90 Å². The highest BCUT2D eigenvalue weighted by atomic mass is 28.4. The summed E-state index contributed by atoms with van der Waals surface area (Å²) in [6.07, 6.45) is 3.72. The number of ether oxygens (including phenoxy) is 2. The number of morpholine rings is 1. The summed E-state index contributed by atoms with van der Waals surface area (Å²) in [5, 5.41) is 0.208. The van der Waals surface area contributed by atoms with E-state index >= 15 is 0 Å². The molecule has 192 valence electrons. The number of hydrogen-bond acceptors (Lipinski definition) is 4. The second-order valence-corrected chi connectivity index (χ2v) is 16.7. The Morgan fingerprint density at radius 3 is 2.28 bits per heavy atom. The Kier molecular flexibility index (Phi) is 6.88. The maximum Gasteiger partial charge on any atom is 0.410 e. The van der Waals surface area contributed by atoms with E-state index in [-0.39, 0.29) is 29.1 Å². The van der Waals surface area contributed by atoms with Crippen LogP contribution in [-0.4, -0.2) is 57.8 Å². The molecule has 5 rings (SSSR count). The summed E-state index contributed by atoms with van der Waals surface area (Å²) in [6, 6.07) is 16.8. The number of hydrogen-bond donors (Lipinski definition) is 0. The Bertz CT molecular complexity index is 1110. The number of fused-ring (bicyclic) bond motifs is 5. The third kappa shape index (κ3) is 4.78. The Morgan fingerprint density at radius 1 is 1.03 bits per heavy atom. The van der Waals surface area contributed by atoms with Crippen LogP contribution in [-0.2, 0) is 13.9 Å². The molecule has 2 aromatic carbocycles. The Balaban J connectivity index is 1.23. The maximum atomic E-state index is 13.4. The lowest BCUT2D eigenvalue weighted by Crippen LogP contribution is -2.56. The third-order valence-electron chi connectivity index (χ3n) is 8.51. The summed E-state index contributed by atoms with van der Waals surface area (Å²) in [5.41, 5.74) is 6.32. The van der Waals surface area contributed by atoms with Crippen LogP contribution in [0.3, 0.4) is 0 Å². The molecule has 1 saturated heterocycles. The van der Waals surface area contributed by atoms with Gasteiger partial charge in [-0.1, -0.05) is 81.0 Å². The largest absolute Gasteiger partial charge is 0.448 e. The predicted octanol–water partition coefficient (Wildman–Crippen LogP) is 6.75. The Hall–Kier alpha value is -2.41. The van der Waals surface area contributed by atoms with Crippen molar-refractivity contribution in [2.75, 3.05) is 26.4 Å². The van der Waals surface area contributed by atoms with Gasteiger partial charge < -0.3 is 13.9 Å². The molecule has 2 aliphatic heterocycles. The molecule has 2 bridgehead atoms. The van der Waals surface area contributed by atoms with Gasteiger partial charge in [0, 0.05) is 12.5 Å². The minimum atomic E-state index is -1.76. The summed E-state index contributed by atoms with van der Waals surface area (Å²) in [7, 11) is -1.76. The molecule has 0 aromatic heterocycles. The monoisotopic (exact) mass is 505 g/mol. The summed E-state index contributed by atoms with van der Waals surface area (Å²) in [4.78, 5) is 15.3. The van der Waals surface area contributed by atoms with Crippen LogP contribution in [0.5, 0.6) is 0 Å². The van der Waals surface area contributed by atoms with Crippen molar-refractivity contribution >= 4 is 14.4 Å². The zero-order valence-electron chi connectivity index (χ0n) is 22.3. The first-order chi connectivity index (χ1) is 17.2. The highest BCUT2D eigenvalue weighted by Crippen LogP contribution is 2.44. The smallest absolute Gasteiger partial charge is 0.410 e. The molecule has 1 aliphatic carbocycles. The lowest BCUT2D eigenvalue weighted by Gasteiger charge is -2.44. The van der Waals surface area contributed by atoms with E-state index in [1.807, 2.05) is 4.90 Å². The molecule has 36 heavy (non-hydrogen) atoms. The minimum absolute atomic E-state index is 0.0206. The fourth-order valence-electron chi connectivity index (χ4n) is 5.48. The molecule has 2 atom stereocenters. The van der Waals surface area contributed by atoms with E-state index < -0.39 is 8.32 Å². The van der Waals surface area contributed by atoms with Gasteiger partial charge in [-0.15, -0.1) is 0 Å². The number of nitrogens with zero attached hydrogens (tertiary/aromatic N) is 1. The van der Waals surface area contributed by atoms with Crippen LogP contribution in [0.2, 0.25) is 18.1 Å². The molecule has 2 aromatic rings. The van der Waals surface area contributed by atoms with Crippen LogP contribution in [0.25, 0.3) is 11.1 Å².